The van der Waals surface area contributed by atoms with Crippen LogP contribution in [-0.4, -0.2) is 38.6 Å². The topological polar surface area (TPSA) is 46.2 Å². The van der Waals surface area contributed by atoms with Gasteiger partial charge in [-0.1, -0.05) is 0 Å². The lowest BCUT2D eigenvalue weighted by molar-refractivity contribution is -0.0692. The van der Waals surface area contributed by atoms with Crippen LogP contribution in [0.2, 0.25) is 0 Å². The third-order valence-corrected chi connectivity index (χ3v) is 2.79. The van der Waals surface area contributed by atoms with Crippen LogP contribution in [0.25, 0.3) is 0 Å². The van der Waals surface area contributed by atoms with Crippen LogP contribution in [-0.2, 0) is 23.7 Å². The fourth-order valence-corrected chi connectivity index (χ4v) is 1.93. The standard InChI is InChI=1S/C12H18O5/c1-4-10-14-6-8(16-10)12(13-3)9-7-15-11(5-2)17-9/h4-5,8-9,12H,6-7H2,1-3H3/b10-4-,11-5?. The van der Waals surface area contributed by atoms with E-state index in [2.05, 4.69) is 0 Å². The lowest BCUT2D eigenvalue weighted by Gasteiger charge is -2.23. The lowest BCUT2D eigenvalue weighted by Crippen LogP contribution is -2.41. The molecule has 2 rings (SSSR count). The summed E-state index contributed by atoms with van der Waals surface area (Å²) in [5.41, 5.74) is 0. The van der Waals surface area contributed by atoms with Gasteiger partial charge < -0.3 is 23.7 Å². The van der Waals surface area contributed by atoms with Crippen LogP contribution in [0.5, 0.6) is 0 Å². The van der Waals surface area contributed by atoms with Gasteiger partial charge in [-0.2, -0.15) is 0 Å². The Morgan fingerprint density at radius 2 is 1.53 bits per heavy atom. The van der Waals surface area contributed by atoms with Crippen molar-refractivity contribution >= 4 is 0 Å². The highest BCUT2D eigenvalue weighted by Gasteiger charge is 2.40. The second-order valence-corrected chi connectivity index (χ2v) is 3.85. The molecule has 5 heteroatoms. The molecular formula is C12H18O5. The third-order valence-electron chi connectivity index (χ3n) is 2.79. The summed E-state index contributed by atoms with van der Waals surface area (Å²) in [7, 11) is 1.64. The Labute approximate surface area is 101 Å². The Kier molecular flexibility index (Phi) is 3.78. The molecule has 0 spiro atoms. The Hall–Kier alpha value is -1.36. The molecule has 3 unspecified atom stereocenters. The van der Waals surface area contributed by atoms with E-state index in [1.165, 1.54) is 0 Å². The van der Waals surface area contributed by atoms with Crippen LogP contribution in [0.3, 0.4) is 0 Å². The molecule has 0 saturated carbocycles. The first-order valence-corrected chi connectivity index (χ1v) is 5.72. The van der Waals surface area contributed by atoms with E-state index in [9.17, 15) is 0 Å². The number of allylic oxidation sites excluding steroid dienone is 2. The molecule has 0 aliphatic carbocycles. The number of hydrogen-bond donors (Lipinski definition) is 0. The van der Waals surface area contributed by atoms with E-state index in [1.807, 2.05) is 13.8 Å². The molecule has 3 atom stereocenters. The summed E-state index contributed by atoms with van der Waals surface area (Å²) < 4.78 is 27.4. The molecule has 2 fully saturated rings. The second kappa shape index (κ2) is 5.31. The van der Waals surface area contributed by atoms with Crippen molar-refractivity contribution in [2.75, 3.05) is 20.3 Å². The highest BCUT2D eigenvalue weighted by molar-refractivity contribution is 4.96. The Balaban J connectivity index is 1.98. The minimum atomic E-state index is -0.204. The van der Waals surface area contributed by atoms with Crippen molar-refractivity contribution in [1.29, 1.82) is 0 Å². The molecule has 0 bridgehead atoms. The Morgan fingerprint density at radius 1 is 1.06 bits per heavy atom. The van der Waals surface area contributed by atoms with Gasteiger partial charge in [-0.25, -0.2) is 0 Å². The van der Waals surface area contributed by atoms with E-state index in [1.54, 1.807) is 19.3 Å². The van der Waals surface area contributed by atoms with Crippen LogP contribution < -0.4 is 0 Å². The summed E-state index contributed by atoms with van der Waals surface area (Å²) in [6.07, 6.45) is 3.06. The van der Waals surface area contributed by atoms with Gasteiger partial charge in [0.2, 0.25) is 0 Å². The van der Waals surface area contributed by atoms with Crippen molar-refractivity contribution in [2.24, 2.45) is 0 Å². The van der Waals surface area contributed by atoms with E-state index >= 15 is 0 Å². The highest BCUT2D eigenvalue weighted by Crippen LogP contribution is 2.26. The van der Waals surface area contributed by atoms with Crippen molar-refractivity contribution in [1.82, 2.24) is 0 Å². The van der Waals surface area contributed by atoms with Gasteiger partial charge in [-0.15, -0.1) is 0 Å². The van der Waals surface area contributed by atoms with Crippen LogP contribution in [0.4, 0.5) is 0 Å². The molecular weight excluding hydrogens is 224 g/mol. The van der Waals surface area contributed by atoms with Crippen LogP contribution in [0.15, 0.2) is 24.0 Å². The summed E-state index contributed by atoms with van der Waals surface area (Å²) in [4.78, 5) is 0. The first-order valence-electron chi connectivity index (χ1n) is 5.72. The Bertz CT molecular complexity index is 293. The molecule has 0 aromatic rings. The van der Waals surface area contributed by atoms with Crippen LogP contribution in [0, 0.1) is 0 Å². The fourth-order valence-electron chi connectivity index (χ4n) is 1.93. The van der Waals surface area contributed by atoms with Crippen molar-refractivity contribution in [3.05, 3.63) is 24.0 Å². The maximum Gasteiger partial charge on any atom is 0.275 e. The van der Waals surface area contributed by atoms with E-state index in [0.717, 1.165) is 0 Å². The normalized spacial score (nSPS) is 34.1. The highest BCUT2D eigenvalue weighted by atomic mass is 16.7. The molecule has 0 aromatic carbocycles. The summed E-state index contributed by atoms with van der Waals surface area (Å²) in [5, 5.41) is 0. The molecule has 2 heterocycles. The zero-order valence-electron chi connectivity index (χ0n) is 10.3. The maximum atomic E-state index is 5.60. The molecule has 2 saturated heterocycles. The zero-order chi connectivity index (χ0) is 12.3. The largest absolute Gasteiger partial charge is 0.462 e. The lowest BCUT2D eigenvalue weighted by atomic mass is 10.1. The van der Waals surface area contributed by atoms with Gasteiger partial charge in [-0.05, 0) is 26.0 Å². The second-order valence-electron chi connectivity index (χ2n) is 3.85. The minimum absolute atomic E-state index is 0.156. The van der Waals surface area contributed by atoms with Crippen molar-refractivity contribution in [3.63, 3.8) is 0 Å². The van der Waals surface area contributed by atoms with E-state index < -0.39 is 0 Å². The molecule has 0 radical (unpaired) electrons. The van der Waals surface area contributed by atoms with E-state index in [-0.39, 0.29) is 18.3 Å². The van der Waals surface area contributed by atoms with Gasteiger partial charge >= 0.3 is 0 Å². The zero-order valence-corrected chi connectivity index (χ0v) is 10.3. The van der Waals surface area contributed by atoms with Crippen LogP contribution in [0.1, 0.15) is 13.8 Å². The summed E-state index contributed by atoms with van der Waals surface area (Å²) in [5.74, 6) is 1.09. The van der Waals surface area contributed by atoms with Gasteiger partial charge in [0.1, 0.15) is 19.3 Å². The quantitative estimate of drug-likeness (QED) is 0.751. The average molecular weight is 242 g/mol. The number of methoxy groups -OCH3 is 1. The summed E-state index contributed by atoms with van der Waals surface area (Å²) in [6, 6.07) is 0. The average Bonchev–Trinajstić information content (AvgIpc) is 2.99. The van der Waals surface area contributed by atoms with Gasteiger partial charge in [0.15, 0.2) is 12.2 Å². The first kappa shape index (κ1) is 12.1. The third kappa shape index (κ3) is 2.49. The van der Waals surface area contributed by atoms with Gasteiger partial charge in [0.25, 0.3) is 11.9 Å². The van der Waals surface area contributed by atoms with Gasteiger partial charge in [0.05, 0.1) is 0 Å². The number of hydrogen-bond acceptors (Lipinski definition) is 5. The molecule has 2 aliphatic rings. The number of ether oxygens (including phenoxy) is 5. The number of rotatable bonds is 3. The van der Waals surface area contributed by atoms with Crippen molar-refractivity contribution < 1.29 is 23.7 Å². The monoisotopic (exact) mass is 242 g/mol. The maximum absolute atomic E-state index is 5.60. The molecule has 2 aliphatic heterocycles. The molecule has 0 N–H and O–H groups in total. The van der Waals surface area contributed by atoms with Gasteiger partial charge in [-0.3, -0.25) is 0 Å². The van der Waals surface area contributed by atoms with E-state index in [0.29, 0.717) is 25.1 Å². The SMILES string of the molecule is CC=C1OCC(C(OC)C2CO/C(=C/C)O2)O1. The molecule has 17 heavy (non-hydrogen) atoms. The molecule has 5 nitrogen and oxygen atoms in total. The fraction of sp³-hybridized carbons (Fsp3) is 0.667. The molecule has 0 aromatic heterocycles. The van der Waals surface area contributed by atoms with Crippen LogP contribution >= 0.6 is 0 Å². The molecule has 96 valence electrons. The predicted molar refractivity (Wildman–Crippen MR) is 60.0 cm³/mol. The first-order chi connectivity index (χ1) is 8.28. The summed E-state index contributed by atoms with van der Waals surface area (Å²) in [6.45, 7) is 4.69. The van der Waals surface area contributed by atoms with E-state index in [4.69, 9.17) is 23.7 Å². The van der Waals surface area contributed by atoms with Crippen molar-refractivity contribution in [2.45, 2.75) is 32.2 Å². The predicted octanol–water partition coefficient (Wildman–Crippen LogP) is 1.55. The van der Waals surface area contributed by atoms with Crippen molar-refractivity contribution in [3.8, 4) is 0 Å². The minimum Gasteiger partial charge on any atom is -0.462 e. The molecule has 0 amide bonds. The van der Waals surface area contributed by atoms with Gasteiger partial charge in [0, 0.05) is 7.11 Å². The Morgan fingerprint density at radius 3 is 1.82 bits per heavy atom. The smallest absolute Gasteiger partial charge is 0.275 e. The summed E-state index contributed by atoms with van der Waals surface area (Å²) >= 11 is 0.